The summed E-state index contributed by atoms with van der Waals surface area (Å²) in [4.78, 5) is 1.28. The minimum Gasteiger partial charge on any atom is -0.294 e. The molecule has 5 heteroatoms. The van der Waals surface area contributed by atoms with Gasteiger partial charge in [-0.05, 0) is 36.4 Å². The van der Waals surface area contributed by atoms with Gasteiger partial charge in [0.15, 0.2) is 0 Å². The maximum Gasteiger partial charge on any atom is 0.225 e. The van der Waals surface area contributed by atoms with Gasteiger partial charge in [0, 0.05) is 11.3 Å². The zero-order valence-corrected chi connectivity index (χ0v) is 10.9. The minimum atomic E-state index is 0.212. The number of hydrogen-bond donors (Lipinski definition) is 0. The van der Waals surface area contributed by atoms with Gasteiger partial charge in [0.05, 0.1) is 6.04 Å². The molecule has 0 saturated carbocycles. The molecule has 0 aliphatic heterocycles. The Morgan fingerprint density at radius 3 is 2.94 bits per heavy atom. The Labute approximate surface area is 104 Å². The number of thiophene rings is 1. The summed E-state index contributed by atoms with van der Waals surface area (Å²) in [6.07, 6.45) is 1.96. The van der Waals surface area contributed by atoms with Crippen LogP contribution in [0.1, 0.15) is 37.0 Å². The van der Waals surface area contributed by atoms with Crippen LogP contribution >= 0.6 is 22.9 Å². The molecule has 1 unspecified atom stereocenters. The summed E-state index contributed by atoms with van der Waals surface area (Å²) in [5, 5.41) is 10.6. The van der Waals surface area contributed by atoms with Gasteiger partial charge >= 0.3 is 0 Å². The van der Waals surface area contributed by atoms with Gasteiger partial charge in [-0.1, -0.05) is 13.0 Å². The third-order valence-electron chi connectivity index (χ3n) is 2.54. The van der Waals surface area contributed by atoms with Crippen molar-refractivity contribution in [1.82, 2.24) is 14.8 Å². The predicted octanol–water partition coefficient (Wildman–Crippen LogP) is 3.55. The number of rotatable bonds is 4. The summed E-state index contributed by atoms with van der Waals surface area (Å²) in [5.74, 6) is 0.966. The van der Waals surface area contributed by atoms with Crippen molar-refractivity contribution < 1.29 is 0 Å². The molecule has 1 atom stereocenters. The van der Waals surface area contributed by atoms with Crippen molar-refractivity contribution in [2.45, 2.75) is 32.7 Å². The van der Waals surface area contributed by atoms with Crippen molar-refractivity contribution in [2.75, 3.05) is 0 Å². The van der Waals surface area contributed by atoms with Crippen molar-refractivity contribution >= 4 is 22.9 Å². The first-order chi connectivity index (χ1) is 7.74. The second kappa shape index (κ2) is 4.97. The van der Waals surface area contributed by atoms with Gasteiger partial charge in [-0.25, -0.2) is 0 Å². The number of nitrogens with zero attached hydrogens (tertiary/aromatic N) is 3. The smallest absolute Gasteiger partial charge is 0.225 e. The monoisotopic (exact) mass is 255 g/mol. The molecule has 2 aromatic heterocycles. The summed E-state index contributed by atoms with van der Waals surface area (Å²) in [6, 6.07) is 4.37. The van der Waals surface area contributed by atoms with E-state index < -0.39 is 0 Å². The molecule has 0 N–H and O–H groups in total. The zero-order chi connectivity index (χ0) is 11.5. The van der Waals surface area contributed by atoms with Crippen LogP contribution in [0.2, 0.25) is 5.28 Å². The second-order valence-electron chi connectivity index (χ2n) is 3.70. The Bertz CT molecular complexity index is 450. The quantitative estimate of drug-likeness (QED) is 0.837. The average Bonchev–Trinajstić information content (AvgIpc) is 2.88. The van der Waals surface area contributed by atoms with Crippen molar-refractivity contribution in [3.8, 4) is 0 Å². The van der Waals surface area contributed by atoms with Crippen molar-refractivity contribution in [1.29, 1.82) is 0 Å². The van der Waals surface area contributed by atoms with Crippen molar-refractivity contribution in [3.63, 3.8) is 0 Å². The molecule has 0 radical (unpaired) electrons. The van der Waals surface area contributed by atoms with E-state index in [1.807, 2.05) is 10.6 Å². The lowest BCUT2D eigenvalue weighted by atomic mass is 10.2. The van der Waals surface area contributed by atoms with E-state index in [1.165, 1.54) is 4.88 Å². The average molecular weight is 256 g/mol. The predicted molar refractivity (Wildman–Crippen MR) is 67.2 cm³/mol. The summed E-state index contributed by atoms with van der Waals surface area (Å²) in [6.45, 7) is 4.25. The third kappa shape index (κ3) is 2.13. The first-order valence-electron chi connectivity index (χ1n) is 5.36. The molecule has 0 aromatic carbocycles. The zero-order valence-electron chi connectivity index (χ0n) is 9.35. The first-order valence-corrected chi connectivity index (χ1v) is 6.62. The van der Waals surface area contributed by atoms with Crippen molar-refractivity contribution in [3.05, 3.63) is 33.5 Å². The third-order valence-corrected chi connectivity index (χ3v) is 3.84. The molecule has 86 valence electrons. The summed E-state index contributed by atoms with van der Waals surface area (Å²) < 4.78 is 2.01. The van der Waals surface area contributed by atoms with E-state index in [0.29, 0.717) is 5.28 Å². The minimum absolute atomic E-state index is 0.212. The summed E-state index contributed by atoms with van der Waals surface area (Å²) >= 11 is 7.82. The standard InChI is InChI=1S/C11H14ClN3S/c1-3-5-10-13-14-11(12)15(10)8(2)9-6-4-7-16-9/h4,6-8H,3,5H2,1-2H3. The lowest BCUT2D eigenvalue weighted by Gasteiger charge is -2.14. The van der Waals surface area contributed by atoms with Gasteiger partial charge < -0.3 is 0 Å². The highest BCUT2D eigenvalue weighted by atomic mass is 35.5. The van der Waals surface area contributed by atoms with E-state index in [1.54, 1.807) is 11.3 Å². The van der Waals surface area contributed by atoms with Gasteiger partial charge in [-0.3, -0.25) is 4.57 Å². The van der Waals surface area contributed by atoms with Gasteiger partial charge in [-0.15, -0.1) is 21.5 Å². The molecule has 0 bridgehead atoms. The Morgan fingerprint density at radius 2 is 2.31 bits per heavy atom. The molecule has 0 aliphatic carbocycles. The van der Waals surface area contributed by atoms with Crippen LogP contribution in [0.5, 0.6) is 0 Å². The lowest BCUT2D eigenvalue weighted by Crippen LogP contribution is -2.09. The van der Waals surface area contributed by atoms with Gasteiger partial charge in [0.1, 0.15) is 5.82 Å². The fourth-order valence-corrected chi connectivity index (χ4v) is 2.79. The maximum atomic E-state index is 6.09. The van der Waals surface area contributed by atoms with E-state index >= 15 is 0 Å². The van der Waals surface area contributed by atoms with E-state index in [4.69, 9.17) is 11.6 Å². The van der Waals surface area contributed by atoms with Crippen LogP contribution in [-0.4, -0.2) is 14.8 Å². The molecule has 0 spiro atoms. The lowest BCUT2D eigenvalue weighted by molar-refractivity contribution is 0.605. The number of aromatic nitrogens is 3. The fourth-order valence-electron chi connectivity index (χ4n) is 1.74. The molecule has 0 fully saturated rings. The molecule has 16 heavy (non-hydrogen) atoms. The molecular formula is C11H14ClN3S. The van der Waals surface area contributed by atoms with Crippen LogP contribution in [0.15, 0.2) is 17.5 Å². The fraction of sp³-hybridized carbons (Fsp3) is 0.455. The normalized spacial score (nSPS) is 12.9. The molecule has 0 aliphatic rings. The summed E-state index contributed by atoms with van der Waals surface area (Å²) in [5.41, 5.74) is 0. The molecule has 2 aromatic rings. The highest BCUT2D eigenvalue weighted by molar-refractivity contribution is 7.10. The second-order valence-corrected chi connectivity index (χ2v) is 5.01. The molecule has 2 heterocycles. The molecule has 0 saturated heterocycles. The van der Waals surface area contributed by atoms with Crippen LogP contribution in [-0.2, 0) is 6.42 Å². The summed E-state index contributed by atoms with van der Waals surface area (Å²) in [7, 11) is 0. The molecule has 0 amide bonds. The number of hydrogen-bond acceptors (Lipinski definition) is 3. The maximum absolute atomic E-state index is 6.09. The first kappa shape index (κ1) is 11.6. The Hall–Kier alpha value is -0.870. The molecule has 2 rings (SSSR count). The molecular weight excluding hydrogens is 242 g/mol. The van der Waals surface area contributed by atoms with E-state index in [2.05, 4.69) is 35.5 Å². The Balaban J connectivity index is 2.35. The van der Waals surface area contributed by atoms with Crippen LogP contribution < -0.4 is 0 Å². The number of aryl methyl sites for hydroxylation is 1. The van der Waals surface area contributed by atoms with Crippen LogP contribution in [0, 0.1) is 0 Å². The largest absolute Gasteiger partial charge is 0.294 e. The highest BCUT2D eigenvalue weighted by Gasteiger charge is 2.17. The van der Waals surface area contributed by atoms with Gasteiger partial charge in [0.2, 0.25) is 5.28 Å². The topological polar surface area (TPSA) is 30.7 Å². The highest BCUT2D eigenvalue weighted by Crippen LogP contribution is 2.26. The van der Waals surface area contributed by atoms with Gasteiger partial charge in [-0.2, -0.15) is 0 Å². The molecule has 3 nitrogen and oxygen atoms in total. The van der Waals surface area contributed by atoms with Crippen LogP contribution in [0.3, 0.4) is 0 Å². The SMILES string of the molecule is CCCc1nnc(Cl)n1C(C)c1cccs1. The van der Waals surface area contributed by atoms with Crippen molar-refractivity contribution in [2.24, 2.45) is 0 Å². The Kier molecular flexibility index (Phi) is 3.61. The van der Waals surface area contributed by atoms with E-state index in [0.717, 1.165) is 18.7 Å². The van der Waals surface area contributed by atoms with Crippen LogP contribution in [0.4, 0.5) is 0 Å². The van der Waals surface area contributed by atoms with Gasteiger partial charge in [0.25, 0.3) is 0 Å². The number of halogens is 1. The van der Waals surface area contributed by atoms with Crippen LogP contribution in [0.25, 0.3) is 0 Å². The van der Waals surface area contributed by atoms with E-state index in [-0.39, 0.29) is 6.04 Å². The van der Waals surface area contributed by atoms with E-state index in [9.17, 15) is 0 Å². The Morgan fingerprint density at radius 1 is 1.50 bits per heavy atom.